The van der Waals surface area contributed by atoms with Gasteiger partial charge in [-0.15, -0.1) is 0 Å². The maximum Gasteiger partial charge on any atom is 0.134 e. The summed E-state index contributed by atoms with van der Waals surface area (Å²) in [5.74, 6) is 0.974. The lowest BCUT2D eigenvalue weighted by molar-refractivity contribution is 0.537. The van der Waals surface area contributed by atoms with Crippen LogP contribution in [0.2, 0.25) is 0 Å². The number of aryl methyl sites for hydroxylation is 1. The maximum absolute atomic E-state index is 4.68. The van der Waals surface area contributed by atoms with Crippen LogP contribution >= 0.6 is 0 Å². The van der Waals surface area contributed by atoms with Gasteiger partial charge in [-0.1, -0.05) is 27.7 Å². The van der Waals surface area contributed by atoms with Gasteiger partial charge in [-0.05, 0) is 6.42 Å². The smallest absolute Gasteiger partial charge is 0.134 e. The van der Waals surface area contributed by atoms with E-state index in [4.69, 9.17) is 0 Å². The van der Waals surface area contributed by atoms with Crippen molar-refractivity contribution in [2.24, 2.45) is 0 Å². The van der Waals surface area contributed by atoms with Gasteiger partial charge in [0.2, 0.25) is 0 Å². The van der Waals surface area contributed by atoms with Crippen LogP contribution in [0.3, 0.4) is 0 Å². The normalized spacial score (nSPS) is 15.5. The average Bonchev–Trinajstić information content (AvgIpc) is 2.62. The third-order valence-electron chi connectivity index (χ3n) is 2.78. The Labute approximate surface area is 91.3 Å². The first-order chi connectivity index (χ1) is 7.02. The molecule has 0 saturated heterocycles. The van der Waals surface area contributed by atoms with Gasteiger partial charge in [0, 0.05) is 29.8 Å². The predicted molar refractivity (Wildman–Crippen MR) is 60.7 cm³/mol. The van der Waals surface area contributed by atoms with Crippen LogP contribution in [0.25, 0.3) is 0 Å². The number of nitrogens with one attached hydrogen (secondary N) is 1. The number of rotatable bonds is 1. The quantitative estimate of drug-likeness (QED) is 0.761. The second-order valence-corrected chi connectivity index (χ2v) is 5.13. The van der Waals surface area contributed by atoms with Crippen molar-refractivity contribution in [1.82, 2.24) is 15.3 Å². The summed E-state index contributed by atoms with van der Waals surface area (Å²) in [6, 6.07) is 0. The topological polar surface area (TPSA) is 37.8 Å². The Kier molecular flexibility index (Phi) is 2.51. The third kappa shape index (κ3) is 1.88. The van der Waals surface area contributed by atoms with Crippen molar-refractivity contribution in [3.8, 4) is 0 Å². The van der Waals surface area contributed by atoms with Crippen LogP contribution in [-0.4, -0.2) is 9.97 Å². The molecule has 3 heteroatoms. The molecule has 82 valence electrons. The Morgan fingerprint density at radius 3 is 2.53 bits per heavy atom. The highest BCUT2D eigenvalue weighted by molar-refractivity contribution is 5.30. The molecule has 0 radical (unpaired) electrons. The van der Waals surface area contributed by atoms with Crippen molar-refractivity contribution in [2.45, 2.75) is 52.6 Å². The second-order valence-electron chi connectivity index (χ2n) is 5.13. The minimum Gasteiger partial charge on any atom is -0.307 e. The van der Waals surface area contributed by atoms with Crippen molar-refractivity contribution in [1.29, 1.82) is 0 Å². The zero-order valence-corrected chi connectivity index (χ0v) is 10.0. The van der Waals surface area contributed by atoms with Gasteiger partial charge >= 0.3 is 0 Å². The van der Waals surface area contributed by atoms with E-state index in [2.05, 4.69) is 43.0 Å². The van der Waals surface area contributed by atoms with E-state index >= 15 is 0 Å². The number of fused-ring (bicyclic) bond motifs is 1. The highest BCUT2D eigenvalue weighted by atomic mass is 15.0. The van der Waals surface area contributed by atoms with Crippen molar-refractivity contribution in [3.63, 3.8) is 0 Å². The summed E-state index contributed by atoms with van der Waals surface area (Å²) in [4.78, 5) is 9.34. The highest BCUT2D eigenvalue weighted by Crippen LogP contribution is 2.23. The summed E-state index contributed by atoms with van der Waals surface area (Å²) >= 11 is 0. The molecule has 1 aromatic rings. The summed E-state index contributed by atoms with van der Waals surface area (Å²) in [7, 11) is 0. The predicted octanol–water partition coefficient (Wildman–Crippen LogP) is 1.94. The summed E-state index contributed by atoms with van der Waals surface area (Å²) in [6.45, 7) is 10.5. The Hall–Kier alpha value is -0.960. The lowest BCUT2D eigenvalue weighted by Gasteiger charge is -2.18. The fraction of sp³-hybridized carbons (Fsp3) is 0.667. The van der Waals surface area contributed by atoms with Gasteiger partial charge in [0.05, 0.1) is 5.69 Å². The van der Waals surface area contributed by atoms with Gasteiger partial charge in [0.25, 0.3) is 0 Å². The molecular weight excluding hydrogens is 186 g/mol. The monoisotopic (exact) mass is 205 g/mol. The molecule has 0 unspecified atom stereocenters. The van der Waals surface area contributed by atoms with E-state index in [1.54, 1.807) is 0 Å². The first-order valence-corrected chi connectivity index (χ1v) is 5.62. The van der Waals surface area contributed by atoms with Crippen LogP contribution in [0.1, 0.15) is 50.5 Å². The van der Waals surface area contributed by atoms with E-state index in [0.29, 0.717) is 0 Å². The molecule has 0 fully saturated rings. The number of aromatic nitrogens is 2. The van der Waals surface area contributed by atoms with Crippen LogP contribution < -0.4 is 5.32 Å². The summed E-state index contributed by atoms with van der Waals surface area (Å²) in [5.41, 5.74) is 3.79. The highest BCUT2D eigenvalue weighted by Gasteiger charge is 2.23. The lowest BCUT2D eigenvalue weighted by atomic mass is 9.95. The van der Waals surface area contributed by atoms with Gasteiger partial charge in [0.1, 0.15) is 5.82 Å². The summed E-state index contributed by atoms with van der Waals surface area (Å²) in [6.07, 6.45) is 0.996. The van der Waals surface area contributed by atoms with Gasteiger partial charge in [-0.3, -0.25) is 0 Å². The van der Waals surface area contributed by atoms with E-state index in [1.807, 2.05) is 0 Å². The molecule has 1 aliphatic heterocycles. The van der Waals surface area contributed by atoms with E-state index in [-0.39, 0.29) is 5.41 Å². The zero-order chi connectivity index (χ0) is 11.1. The summed E-state index contributed by atoms with van der Waals surface area (Å²) in [5, 5.41) is 3.34. The van der Waals surface area contributed by atoms with Gasteiger partial charge in [0.15, 0.2) is 0 Å². The first kappa shape index (κ1) is 10.6. The standard InChI is InChI=1S/C12H19N3/c1-5-9-8-6-13-7-10(8)15-11(14-9)12(2,3)4/h13H,5-7H2,1-4H3. The third-order valence-corrected chi connectivity index (χ3v) is 2.78. The van der Waals surface area contributed by atoms with Crippen LogP contribution in [0, 0.1) is 0 Å². The molecule has 0 amide bonds. The second kappa shape index (κ2) is 3.56. The fourth-order valence-corrected chi connectivity index (χ4v) is 1.87. The molecule has 15 heavy (non-hydrogen) atoms. The molecule has 1 aliphatic rings. The van der Waals surface area contributed by atoms with Crippen molar-refractivity contribution in [2.75, 3.05) is 0 Å². The van der Waals surface area contributed by atoms with Crippen molar-refractivity contribution in [3.05, 3.63) is 22.8 Å². The van der Waals surface area contributed by atoms with Gasteiger partial charge < -0.3 is 5.32 Å². The molecule has 0 spiro atoms. The average molecular weight is 205 g/mol. The molecule has 1 N–H and O–H groups in total. The largest absolute Gasteiger partial charge is 0.307 e. The van der Waals surface area contributed by atoms with Crippen molar-refractivity contribution < 1.29 is 0 Å². The molecule has 0 bridgehead atoms. The number of hydrogen-bond acceptors (Lipinski definition) is 3. The Bertz CT molecular complexity index is 377. The molecular formula is C12H19N3. The molecule has 0 aromatic carbocycles. The minimum atomic E-state index is 0.0432. The Morgan fingerprint density at radius 2 is 1.93 bits per heavy atom. The molecule has 0 saturated carbocycles. The number of nitrogens with zero attached hydrogens (tertiary/aromatic N) is 2. The molecule has 2 rings (SSSR count). The van der Waals surface area contributed by atoms with Gasteiger partial charge in [-0.25, -0.2) is 9.97 Å². The van der Waals surface area contributed by atoms with E-state index in [0.717, 1.165) is 25.3 Å². The van der Waals surface area contributed by atoms with Crippen LogP contribution in [0.4, 0.5) is 0 Å². The SMILES string of the molecule is CCc1nc(C(C)(C)C)nc2c1CNC2. The number of hydrogen-bond donors (Lipinski definition) is 1. The fourth-order valence-electron chi connectivity index (χ4n) is 1.87. The molecule has 2 heterocycles. The molecule has 0 atom stereocenters. The van der Waals surface area contributed by atoms with Crippen molar-refractivity contribution >= 4 is 0 Å². The lowest BCUT2D eigenvalue weighted by Crippen LogP contribution is -2.18. The zero-order valence-electron chi connectivity index (χ0n) is 10.0. The van der Waals surface area contributed by atoms with Crippen LogP contribution in [0.15, 0.2) is 0 Å². The van der Waals surface area contributed by atoms with E-state index < -0.39 is 0 Å². The van der Waals surface area contributed by atoms with Gasteiger partial charge in [-0.2, -0.15) is 0 Å². The summed E-state index contributed by atoms with van der Waals surface area (Å²) < 4.78 is 0. The van der Waals surface area contributed by atoms with Crippen LogP contribution in [0.5, 0.6) is 0 Å². The first-order valence-electron chi connectivity index (χ1n) is 5.62. The minimum absolute atomic E-state index is 0.0432. The van der Waals surface area contributed by atoms with Crippen LogP contribution in [-0.2, 0) is 24.9 Å². The van der Waals surface area contributed by atoms with E-state index in [1.165, 1.54) is 17.0 Å². The van der Waals surface area contributed by atoms with E-state index in [9.17, 15) is 0 Å². The molecule has 0 aliphatic carbocycles. The Balaban J connectivity index is 2.53. The maximum atomic E-state index is 4.68. The Morgan fingerprint density at radius 1 is 1.20 bits per heavy atom. The molecule has 1 aromatic heterocycles. The molecule has 3 nitrogen and oxygen atoms in total.